The summed E-state index contributed by atoms with van der Waals surface area (Å²) in [6.07, 6.45) is -4.59. The summed E-state index contributed by atoms with van der Waals surface area (Å²) in [6, 6.07) is 10.3. The van der Waals surface area contributed by atoms with Crippen LogP contribution in [0.25, 0.3) is 0 Å². The van der Waals surface area contributed by atoms with Gasteiger partial charge in [-0.25, -0.2) is 0 Å². The van der Waals surface area contributed by atoms with E-state index in [1.54, 1.807) is 11.0 Å². The third-order valence-corrected chi connectivity index (χ3v) is 5.07. The standard InChI is InChI=1S/C21H21F3N2O2/c1-14-7-8-16(13-15(14)2)19(27)25-9-11-26(12-10-25)20(28)17-5-3-4-6-18(17)21(22,23)24/h3-8,13H,9-12H2,1-2H3. The Morgan fingerprint density at radius 1 is 0.821 bits per heavy atom. The second kappa shape index (κ2) is 7.66. The molecule has 4 nitrogen and oxygen atoms in total. The predicted molar refractivity (Wildman–Crippen MR) is 99.2 cm³/mol. The van der Waals surface area contributed by atoms with Crippen molar-refractivity contribution in [1.29, 1.82) is 0 Å². The number of halogens is 3. The van der Waals surface area contributed by atoms with Crippen LogP contribution in [-0.2, 0) is 6.18 Å². The van der Waals surface area contributed by atoms with Gasteiger partial charge < -0.3 is 9.80 Å². The summed E-state index contributed by atoms with van der Waals surface area (Å²) in [5.41, 5.74) is 1.39. The van der Waals surface area contributed by atoms with E-state index in [2.05, 4.69) is 0 Å². The molecule has 0 radical (unpaired) electrons. The number of benzene rings is 2. The smallest absolute Gasteiger partial charge is 0.335 e. The minimum atomic E-state index is -4.59. The molecular weight excluding hydrogens is 369 g/mol. The van der Waals surface area contributed by atoms with Crippen molar-refractivity contribution >= 4 is 11.8 Å². The largest absolute Gasteiger partial charge is 0.417 e. The maximum absolute atomic E-state index is 13.2. The molecule has 28 heavy (non-hydrogen) atoms. The topological polar surface area (TPSA) is 40.6 Å². The number of carbonyl (C=O) groups excluding carboxylic acids is 2. The van der Waals surface area contributed by atoms with E-state index in [0.717, 1.165) is 17.2 Å². The van der Waals surface area contributed by atoms with Gasteiger partial charge >= 0.3 is 6.18 Å². The van der Waals surface area contributed by atoms with Crippen LogP contribution >= 0.6 is 0 Å². The first kappa shape index (κ1) is 19.9. The van der Waals surface area contributed by atoms with Crippen molar-refractivity contribution < 1.29 is 22.8 Å². The van der Waals surface area contributed by atoms with Gasteiger partial charge in [0.2, 0.25) is 0 Å². The fourth-order valence-corrected chi connectivity index (χ4v) is 3.26. The highest BCUT2D eigenvalue weighted by molar-refractivity contribution is 5.97. The van der Waals surface area contributed by atoms with Crippen LogP contribution < -0.4 is 0 Å². The molecule has 1 fully saturated rings. The molecule has 1 heterocycles. The SMILES string of the molecule is Cc1ccc(C(=O)N2CCN(C(=O)c3ccccc3C(F)(F)F)CC2)cc1C. The molecule has 7 heteroatoms. The van der Waals surface area contributed by atoms with Gasteiger partial charge in [0, 0.05) is 31.7 Å². The summed E-state index contributed by atoms with van der Waals surface area (Å²) in [6.45, 7) is 4.86. The highest BCUT2D eigenvalue weighted by Gasteiger charge is 2.36. The first-order valence-electron chi connectivity index (χ1n) is 9.00. The van der Waals surface area contributed by atoms with E-state index < -0.39 is 17.6 Å². The zero-order valence-electron chi connectivity index (χ0n) is 15.7. The summed E-state index contributed by atoms with van der Waals surface area (Å²) in [4.78, 5) is 28.3. The van der Waals surface area contributed by atoms with E-state index in [0.29, 0.717) is 5.56 Å². The van der Waals surface area contributed by atoms with E-state index in [1.165, 1.54) is 23.1 Å². The lowest BCUT2D eigenvalue weighted by atomic mass is 10.0. The van der Waals surface area contributed by atoms with Gasteiger partial charge in [-0.05, 0) is 49.2 Å². The summed E-state index contributed by atoms with van der Waals surface area (Å²) in [7, 11) is 0. The number of hydrogen-bond acceptors (Lipinski definition) is 2. The molecular formula is C21H21F3N2O2. The van der Waals surface area contributed by atoms with Crippen molar-refractivity contribution in [2.75, 3.05) is 26.2 Å². The highest BCUT2D eigenvalue weighted by Crippen LogP contribution is 2.32. The molecule has 148 valence electrons. The Hall–Kier alpha value is -2.83. The maximum Gasteiger partial charge on any atom is 0.417 e. The minimum Gasteiger partial charge on any atom is -0.335 e. The molecule has 0 N–H and O–H groups in total. The Labute approximate surface area is 161 Å². The zero-order chi connectivity index (χ0) is 20.5. The molecule has 0 aromatic heterocycles. The van der Waals surface area contributed by atoms with Crippen molar-refractivity contribution in [3.63, 3.8) is 0 Å². The molecule has 2 aromatic rings. The summed E-state index contributed by atoms with van der Waals surface area (Å²) < 4.78 is 39.5. The van der Waals surface area contributed by atoms with E-state index in [-0.39, 0.29) is 37.6 Å². The van der Waals surface area contributed by atoms with Crippen molar-refractivity contribution in [1.82, 2.24) is 9.80 Å². The van der Waals surface area contributed by atoms with Crippen LogP contribution in [0.3, 0.4) is 0 Å². The van der Waals surface area contributed by atoms with Crippen molar-refractivity contribution in [2.24, 2.45) is 0 Å². The van der Waals surface area contributed by atoms with Gasteiger partial charge in [0.15, 0.2) is 0 Å². The molecule has 1 saturated heterocycles. The number of alkyl halides is 3. The maximum atomic E-state index is 13.2. The lowest BCUT2D eigenvalue weighted by molar-refractivity contribution is -0.138. The number of aryl methyl sites for hydroxylation is 2. The Morgan fingerprint density at radius 3 is 1.96 bits per heavy atom. The van der Waals surface area contributed by atoms with E-state index in [1.807, 2.05) is 26.0 Å². The number of carbonyl (C=O) groups is 2. The number of rotatable bonds is 2. The molecule has 1 aliphatic heterocycles. The quantitative estimate of drug-likeness (QED) is 0.780. The van der Waals surface area contributed by atoms with Crippen LogP contribution in [0.15, 0.2) is 42.5 Å². The molecule has 1 aliphatic rings. The monoisotopic (exact) mass is 390 g/mol. The Morgan fingerprint density at radius 2 is 1.39 bits per heavy atom. The van der Waals surface area contributed by atoms with Crippen LogP contribution in [0.1, 0.15) is 37.4 Å². The fourth-order valence-electron chi connectivity index (χ4n) is 3.26. The van der Waals surface area contributed by atoms with Crippen molar-refractivity contribution in [3.8, 4) is 0 Å². The minimum absolute atomic E-state index is 0.133. The summed E-state index contributed by atoms with van der Waals surface area (Å²) in [5, 5.41) is 0. The van der Waals surface area contributed by atoms with Gasteiger partial charge in [-0.2, -0.15) is 13.2 Å². The van der Waals surface area contributed by atoms with Crippen LogP contribution in [0.2, 0.25) is 0 Å². The van der Waals surface area contributed by atoms with Crippen LogP contribution in [-0.4, -0.2) is 47.8 Å². The third-order valence-electron chi connectivity index (χ3n) is 5.07. The van der Waals surface area contributed by atoms with Gasteiger partial charge in [0.1, 0.15) is 0 Å². The summed E-state index contributed by atoms with van der Waals surface area (Å²) >= 11 is 0. The van der Waals surface area contributed by atoms with Crippen LogP contribution in [0.4, 0.5) is 13.2 Å². The number of amides is 2. The molecule has 0 spiro atoms. The normalized spacial score (nSPS) is 14.9. The van der Waals surface area contributed by atoms with E-state index in [9.17, 15) is 22.8 Å². The number of nitrogens with zero attached hydrogens (tertiary/aromatic N) is 2. The van der Waals surface area contributed by atoms with Gasteiger partial charge in [-0.3, -0.25) is 9.59 Å². The number of hydrogen-bond donors (Lipinski definition) is 0. The molecule has 2 aromatic carbocycles. The molecule has 0 bridgehead atoms. The van der Waals surface area contributed by atoms with Gasteiger partial charge in [0.25, 0.3) is 11.8 Å². The second-order valence-corrected chi connectivity index (χ2v) is 6.93. The lowest BCUT2D eigenvalue weighted by Gasteiger charge is -2.35. The van der Waals surface area contributed by atoms with Gasteiger partial charge in [-0.1, -0.05) is 18.2 Å². The summed E-state index contributed by atoms with van der Waals surface area (Å²) in [5.74, 6) is -0.794. The fraction of sp³-hybridized carbons (Fsp3) is 0.333. The third kappa shape index (κ3) is 4.03. The zero-order valence-corrected chi connectivity index (χ0v) is 15.7. The lowest BCUT2D eigenvalue weighted by Crippen LogP contribution is -2.50. The van der Waals surface area contributed by atoms with Crippen molar-refractivity contribution in [3.05, 3.63) is 70.3 Å². The van der Waals surface area contributed by atoms with Crippen LogP contribution in [0, 0.1) is 13.8 Å². The van der Waals surface area contributed by atoms with Crippen molar-refractivity contribution in [2.45, 2.75) is 20.0 Å². The highest BCUT2D eigenvalue weighted by atomic mass is 19.4. The van der Waals surface area contributed by atoms with E-state index in [4.69, 9.17) is 0 Å². The van der Waals surface area contributed by atoms with Crippen LogP contribution in [0.5, 0.6) is 0 Å². The molecule has 0 unspecified atom stereocenters. The average Bonchev–Trinajstić information content (AvgIpc) is 2.68. The first-order valence-corrected chi connectivity index (χ1v) is 9.00. The van der Waals surface area contributed by atoms with E-state index >= 15 is 0 Å². The first-order chi connectivity index (χ1) is 13.2. The van der Waals surface area contributed by atoms with Gasteiger partial charge in [0.05, 0.1) is 11.1 Å². The molecule has 0 saturated carbocycles. The molecule has 3 rings (SSSR count). The molecule has 2 amide bonds. The van der Waals surface area contributed by atoms with Gasteiger partial charge in [-0.15, -0.1) is 0 Å². The Kier molecular flexibility index (Phi) is 5.45. The number of piperazine rings is 1. The predicted octanol–water partition coefficient (Wildman–Crippen LogP) is 3.92. The Balaban J connectivity index is 1.69. The Bertz CT molecular complexity index is 901. The average molecular weight is 390 g/mol. The molecule has 0 aliphatic carbocycles. The molecule has 0 atom stereocenters. The second-order valence-electron chi connectivity index (χ2n) is 6.93.